The van der Waals surface area contributed by atoms with Crippen molar-refractivity contribution in [3.63, 3.8) is 0 Å². The maximum atomic E-state index is 5.29. The minimum atomic E-state index is 0.0393. The highest BCUT2D eigenvalue weighted by molar-refractivity contribution is 5.60. The first-order chi connectivity index (χ1) is 15.1. The Balaban J connectivity index is 1.35. The molecule has 1 aromatic heterocycles. The SMILES string of the molecule is COc1ccc(CN2CCC3(CC2)c2ncc(-c4ccc(C)cc4)n2CCN3C)cc1. The molecule has 2 aromatic carbocycles. The van der Waals surface area contributed by atoms with Crippen LogP contribution in [-0.4, -0.2) is 53.1 Å². The maximum Gasteiger partial charge on any atom is 0.129 e. The Labute approximate surface area is 185 Å². The minimum absolute atomic E-state index is 0.0393. The predicted molar refractivity (Wildman–Crippen MR) is 124 cm³/mol. The molecule has 3 aromatic rings. The van der Waals surface area contributed by atoms with Crippen molar-refractivity contribution < 1.29 is 4.74 Å². The molecule has 0 N–H and O–H groups in total. The molecule has 31 heavy (non-hydrogen) atoms. The van der Waals surface area contributed by atoms with Gasteiger partial charge in [0.05, 0.1) is 24.5 Å². The Bertz CT molecular complexity index is 1030. The van der Waals surface area contributed by atoms with Gasteiger partial charge in [0, 0.05) is 32.7 Å². The highest BCUT2D eigenvalue weighted by Crippen LogP contribution is 2.41. The topological polar surface area (TPSA) is 33.5 Å². The van der Waals surface area contributed by atoms with E-state index in [0.29, 0.717) is 0 Å². The van der Waals surface area contributed by atoms with Gasteiger partial charge < -0.3 is 9.30 Å². The lowest BCUT2D eigenvalue weighted by Crippen LogP contribution is -2.56. The molecule has 1 spiro atoms. The number of piperidine rings is 1. The Morgan fingerprint density at radius 3 is 2.32 bits per heavy atom. The maximum absolute atomic E-state index is 5.29. The largest absolute Gasteiger partial charge is 0.497 e. The molecule has 1 saturated heterocycles. The Kier molecular flexibility index (Phi) is 5.32. The number of hydrogen-bond donors (Lipinski definition) is 0. The van der Waals surface area contributed by atoms with Crippen LogP contribution >= 0.6 is 0 Å². The van der Waals surface area contributed by atoms with Crippen LogP contribution in [0.15, 0.2) is 54.7 Å². The molecule has 2 aliphatic rings. The Morgan fingerprint density at radius 2 is 1.65 bits per heavy atom. The Morgan fingerprint density at radius 1 is 0.935 bits per heavy atom. The summed E-state index contributed by atoms with van der Waals surface area (Å²) in [7, 11) is 4.00. The fraction of sp³-hybridized carbons (Fsp3) is 0.423. The quantitative estimate of drug-likeness (QED) is 0.635. The normalized spacial score (nSPS) is 18.8. The first-order valence-corrected chi connectivity index (χ1v) is 11.3. The van der Waals surface area contributed by atoms with Crippen molar-refractivity contribution >= 4 is 0 Å². The van der Waals surface area contributed by atoms with Crippen LogP contribution in [0.1, 0.15) is 29.8 Å². The lowest BCUT2D eigenvalue weighted by atomic mass is 9.83. The molecule has 5 rings (SSSR count). The van der Waals surface area contributed by atoms with E-state index in [1.165, 1.54) is 28.2 Å². The third-order valence-corrected chi connectivity index (χ3v) is 7.26. The number of methoxy groups -OCH3 is 1. The van der Waals surface area contributed by atoms with E-state index in [1.54, 1.807) is 7.11 Å². The molecule has 0 bridgehead atoms. The molecule has 3 heterocycles. The molecule has 0 amide bonds. The van der Waals surface area contributed by atoms with Crippen LogP contribution < -0.4 is 4.74 Å². The lowest BCUT2D eigenvalue weighted by Gasteiger charge is -2.49. The molecule has 0 radical (unpaired) electrons. The minimum Gasteiger partial charge on any atom is -0.497 e. The van der Waals surface area contributed by atoms with E-state index in [9.17, 15) is 0 Å². The van der Waals surface area contributed by atoms with Gasteiger partial charge >= 0.3 is 0 Å². The van der Waals surface area contributed by atoms with E-state index in [0.717, 1.165) is 51.3 Å². The number of rotatable bonds is 4. The molecule has 0 unspecified atom stereocenters. The summed E-state index contributed by atoms with van der Waals surface area (Å²) in [5.41, 5.74) is 5.20. The van der Waals surface area contributed by atoms with E-state index in [-0.39, 0.29) is 5.54 Å². The number of hydrogen-bond acceptors (Lipinski definition) is 4. The summed E-state index contributed by atoms with van der Waals surface area (Å²) in [5, 5.41) is 0. The van der Waals surface area contributed by atoms with Crippen LogP contribution in [0.3, 0.4) is 0 Å². The van der Waals surface area contributed by atoms with Gasteiger partial charge in [-0.2, -0.15) is 0 Å². The van der Waals surface area contributed by atoms with Crippen molar-refractivity contribution in [2.45, 2.75) is 38.4 Å². The number of aryl methyl sites for hydroxylation is 1. The number of nitrogens with zero attached hydrogens (tertiary/aromatic N) is 4. The average Bonchev–Trinajstić information content (AvgIpc) is 3.24. The summed E-state index contributed by atoms with van der Waals surface area (Å²) >= 11 is 0. The number of imidazole rings is 1. The number of likely N-dealkylation sites (tertiary alicyclic amines) is 1. The van der Waals surface area contributed by atoms with Gasteiger partial charge in [-0.3, -0.25) is 9.80 Å². The van der Waals surface area contributed by atoms with Crippen LogP contribution in [0.4, 0.5) is 0 Å². The third-order valence-electron chi connectivity index (χ3n) is 7.26. The second kappa shape index (κ2) is 8.13. The molecular formula is C26H32N4O. The van der Waals surface area contributed by atoms with E-state index in [4.69, 9.17) is 9.72 Å². The van der Waals surface area contributed by atoms with Gasteiger partial charge in [0.2, 0.25) is 0 Å². The second-order valence-corrected chi connectivity index (χ2v) is 9.06. The molecule has 0 aliphatic carbocycles. The van der Waals surface area contributed by atoms with E-state index >= 15 is 0 Å². The molecule has 0 saturated carbocycles. The van der Waals surface area contributed by atoms with Gasteiger partial charge in [0.1, 0.15) is 11.6 Å². The standard InChI is InChI=1S/C26H32N4O/c1-20-4-8-22(9-5-20)24-18-27-25-26(28(2)16-17-30(24)25)12-14-29(15-13-26)19-21-6-10-23(31-3)11-7-21/h4-11,18H,12-17,19H2,1-3H3. The van der Waals surface area contributed by atoms with Gasteiger partial charge in [-0.15, -0.1) is 0 Å². The van der Waals surface area contributed by atoms with Gasteiger partial charge in [-0.05, 0) is 50.1 Å². The molecule has 5 nitrogen and oxygen atoms in total. The second-order valence-electron chi connectivity index (χ2n) is 9.06. The molecule has 5 heteroatoms. The molecule has 2 aliphatic heterocycles. The number of aromatic nitrogens is 2. The van der Waals surface area contributed by atoms with Crippen LogP contribution in [0.2, 0.25) is 0 Å². The predicted octanol–water partition coefficient (Wildman–Crippen LogP) is 4.30. The zero-order valence-corrected chi connectivity index (χ0v) is 18.8. The molecule has 1 fully saturated rings. The Hall–Kier alpha value is -2.63. The van der Waals surface area contributed by atoms with E-state index in [2.05, 4.69) is 83.1 Å². The van der Waals surface area contributed by atoms with Gasteiger partial charge in [0.15, 0.2) is 0 Å². The van der Waals surface area contributed by atoms with Gasteiger partial charge in [-0.25, -0.2) is 4.98 Å². The fourth-order valence-corrected chi connectivity index (χ4v) is 5.24. The summed E-state index contributed by atoms with van der Waals surface area (Å²) in [6.07, 6.45) is 4.32. The summed E-state index contributed by atoms with van der Waals surface area (Å²) in [6, 6.07) is 17.3. The van der Waals surface area contributed by atoms with Crippen LogP contribution in [0.5, 0.6) is 5.75 Å². The van der Waals surface area contributed by atoms with E-state index in [1.807, 2.05) is 0 Å². The van der Waals surface area contributed by atoms with Crippen molar-refractivity contribution in [2.75, 3.05) is 33.8 Å². The van der Waals surface area contributed by atoms with Gasteiger partial charge in [-0.1, -0.05) is 42.0 Å². The van der Waals surface area contributed by atoms with Crippen molar-refractivity contribution in [2.24, 2.45) is 0 Å². The van der Waals surface area contributed by atoms with Crippen LogP contribution in [-0.2, 0) is 18.6 Å². The first kappa shape index (κ1) is 20.3. The first-order valence-electron chi connectivity index (χ1n) is 11.3. The highest BCUT2D eigenvalue weighted by Gasteiger charge is 2.45. The smallest absolute Gasteiger partial charge is 0.129 e. The molecular weight excluding hydrogens is 384 g/mol. The number of benzene rings is 2. The average molecular weight is 417 g/mol. The highest BCUT2D eigenvalue weighted by atomic mass is 16.5. The third kappa shape index (κ3) is 3.66. The van der Waals surface area contributed by atoms with Crippen molar-refractivity contribution in [3.8, 4) is 17.0 Å². The number of fused-ring (bicyclic) bond motifs is 2. The van der Waals surface area contributed by atoms with Crippen molar-refractivity contribution in [1.29, 1.82) is 0 Å². The monoisotopic (exact) mass is 416 g/mol. The molecule has 0 atom stereocenters. The van der Waals surface area contributed by atoms with Gasteiger partial charge in [0.25, 0.3) is 0 Å². The number of ether oxygens (including phenoxy) is 1. The summed E-state index contributed by atoms with van der Waals surface area (Å²) < 4.78 is 7.77. The van der Waals surface area contributed by atoms with Crippen molar-refractivity contribution in [1.82, 2.24) is 19.4 Å². The van der Waals surface area contributed by atoms with Crippen LogP contribution in [0, 0.1) is 6.92 Å². The summed E-state index contributed by atoms with van der Waals surface area (Å²) in [5.74, 6) is 2.17. The van der Waals surface area contributed by atoms with Crippen molar-refractivity contribution in [3.05, 3.63) is 71.7 Å². The van der Waals surface area contributed by atoms with Crippen LogP contribution in [0.25, 0.3) is 11.3 Å². The summed E-state index contributed by atoms with van der Waals surface area (Å²) in [4.78, 5) is 10.1. The zero-order valence-electron chi connectivity index (χ0n) is 18.8. The number of likely N-dealkylation sites (N-methyl/N-ethyl adjacent to an activating group) is 1. The zero-order chi connectivity index (χ0) is 21.4. The van der Waals surface area contributed by atoms with E-state index < -0.39 is 0 Å². The fourth-order valence-electron chi connectivity index (χ4n) is 5.24. The molecule has 162 valence electrons. The lowest BCUT2D eigenvalue weighted by molar-refractivity contribution is 0.00700. The summed E-state index contributed by atoms with van der Waals surface area (Å²) in [6.45, 7) is 7.38.